The predicted molar refractivity (Wildman–Crippen MR) is 114 cm³/mol. The first-order chi connectivity index (χ1) is 12.9. The molecule has 0 spiro atoms. The average Bonchev–Trinajstić information content (AvgIpc) is 2.92. The highest BCUT2D eigenvalue weighted by Gasteiger charge is 2.37. The van der Waals surface area contributed by atoms with Crippen LogP contribution in [0.3, 0.4) is 0 Å². The van der Waals surface area contributed by atoms with Gasteiger partial charge >= 0.3 is 0 Å². The molecule has 1 aliphatic rings. The Morgan fingerprint density at radius 1 is 1.07 bits per heavy atom. The SMILES string of the molecule is COc1cc(C)c(C[C@@H]2SC(=S)N(Cc3ccc(C)cc3)C2=O)cc1OC. The molecular formula is C21H23NO3S2. The zero-order valence-electron chi connectivity index (χ0n) is 15.9. The molecule has 0 aromatic heterocycles. The number of thioether (sulfide) groups is 1. The van der Waals surface area contributed by atoms with Crippen LogP contribution in [0.5, 0.6) is 11.5 Å². The van der Waals surface area contributed by atoms with Gasteiger partial charge in [0.15, 0.2) is 11.5 Å². The lowest BCUT2D eigenvalue weighted by molar-refractivity contribution is -0.126. The number of ether oxygens (including phenoxy) is 2. The van der Waals surface area contributed by atoms with Crippen LogP contribution >= 0.6 is 24.0 Å². The van der Waals surface area contributed by atoms with E-state index in [1.807, 2.05) is 38.1 Å². The highest BCUT2D eigenvalue weighted by atomic mass is 32.2. The summed E-state index contributed by atoms with van der Waals surface area (Å²) in [4.78, 5) is 14.7. The Hall–Kier alpha value is -2.05. The van der Waals surface area contributed by atoms with Crippen LogP contribution in [0.25, 0.3) is 0 Å². The van der Waals surface area contributed by atoms with Crippen molar-refractivity contribution in [1.29, 1.82) is 0 Å². The summed E-state index contributed by atoms with van der Waals surface area (Å²) in [5, 5.41) is -0.209. The molecule has 27 heavy (non-hydrogen) atoms. The first kappa shape index (κ1) is 19.7. The number of nitrogens with zero attached hydrogens (tertiary/aromatic N) is 1. The van der Waals surface area contributed by atoms with E-state index in [9.17, 15) is 4.79 Å². The first-order valence-electron chi connectivity index (χ1n) is 8.72. The van der Waals surface area contributed by atoms with Crippen LogP contribution in [0, 0.1) is 13.8 Å². The monoisotopic (exact) mass is 401 g/mol. The molecule has 2 aromatic rings. The highest BCUT2D eigenvalue weighted by Crippen LogP contribution is 2.35. The van der Waals surface area contributed by atoms with Crippen LogP contribution in [-0.4, -0.2) is 34.6 Å². The van der Waals surface area contributed by atoms with Gasteiger partial charge in [-0.25, -0.2) is 0 Å². The van der Waals surface area contributed by atoms with Gasteiger partial charge in [0.25, 0.3) is 0 Å². The molecule has 0 radical (unpaired) electrons. The van der Waals surface area contributed by atoms with E-state index in [1.54, 1.807) is 19.1 Å². The Balaban J connectivity index is 1.76. The topological polar surface area (TPSA) is 38.8 Å². The Kier molecular flexibility index (Phi) is 6.07. The number of rotatable bonds is 6. The molecule has 0 N–H and O–H groups in total. The van der Waals surface area contributed by atoms with Crippen LogP contribution in [0.4, 0.5) is 0 Å². The molecule has 3 rings (SSSR count). The number of amides is 1. The molecule has 0 unspecified atom stereocenters. The van der Waals surface area contributed by atoms with Crippen LogP contribution in [0.2, 0.25) is 0 Å². The molecule has 0 aliphatic carbocycles. The van der Waals surface area contributed by atoms with Crippen molar-refractivity contribution < 1.29 is 14.3 Å². The van der Waals surface area contributed by atoms with Crippen molar-refractivity contribution in [3.63, 3.8) is 0 Å². The maximum Gasteiger partial charge on any atom is 0.242 e. The lowest BCUT2D eigenvalue weighted by Crippen LogP contribution is -2.31. The van der Waals surface area contributed by atoms with Crippen molar-refractivity contribution in [2.75, 3.05) is 14.2 Å². The van der Waals surface area contributed by atoms with Gasteiger partial charge in [-0.2, -0.15) is 0 Å². The quantitative estimate of drug-likeness (QED) is 0.675. The van der Waals surface area contributed by atoms with Crippen LogP contribution in [-0.2, 0) is 17.8 Å². The standard InChI is InChI=1S/C21H23NO3S2/c1-13-5-7-15(8-6-13)12-22-20(23)19(27-21(22)26)11-16-10-18(25-4)17(24-3)9-14(16)2/h5-10,19H,11-12H2,1-4H3/t19-/m0/s1. The fraction of sp³-hybridized carbons (Fsp3) is 0.333. The largest absolute Gasteiger partial charge is 0.493 e. The zero-order valence-corrected chi connectivity index (χ0v) is 17.6. The zero-order chi connectivity index (χ0) is 19.6. The Morgan fingerprint density at radius 2 is 1.70 bits per heavy atom. The lowest BCUT2D eigenvalue weighted by atomic mass is 10.0. The summed E-state index contributed by atoms with van der Waals surface area (Å²) < 4.78 is 11.4. The van der Waals surface area contributed by atoms with E-state index >= 15 is 0 Å². The summed E-state index contributed by atoms with van der Waals surface area (Å²) in [6.45, 7) is 4.59. The number of carbonyl (C=O) groups is 1. The number of aryl methyl sites for hydroxylation is 2. The number of methoxy groups -OCH3 is 2. The molecule has 1 atom stereocenters. The van der Waals surface area contributed by atoms with Gasteiger partial charge in [0.05, 0.1) is 26.0 Å². The van der Waals surface area contributed by atoms with Crippen molar-refractivity contribution >= 4 is 34.2 Å². The first-order valence-corrected chi connectivity index (χ1v) is 10.0. The summed E-state index contributed by atoms with van der Waals surface area (Å²) in [7, 11) is 3.24. The van der Waals surface area contributed by atoms with Gasteiger partial charge in [0, 0.05) is 0 Å². The molecule has 6 heteroatoms. The molecule has 1 aliphatic heterocycles. The number of carbonyl (C=O) groups excluding carboxylic acids is 1. The number of benzene rings is 2. The van der Waals surface area contributed by atoms with Crippen LogP contribution < -0.4 is 9.47 Å². The normalized spacial score (nSPS) is 16.7. The van der Waals surface area contributed by atoms with Crippen molar-refractivity contribution in [3.8, 4) is 11.5 Å². The predicted octanol–water partition coefficient (Wildman–Crippen LogP) is 4.29. The molecule has 1 heterocycles. The van der Waals surface area contributed by atoms with Crippen LogP contribution in [0.15, 0.2) is 36.4 Å². The lowest BCUT2D eigenvalue weighted by Gasteiger charge is -2.17. The van der Waals surface area contributed by atoms with Gasteiger partial charge < -0.3 is 9.47 Å². The minimum absolute atomic E-state index is 0.0692. The van der Waals surface area contributed by atoms with E-state index < -0.39 is 0 Å². The second kappa shape index (κ2) is 8.31. The molecule has 2 aromatic carbocycles. The molecule has 1 saturated heterocycles. The number of hydrogen-bond donors (Lipinski definition) is 0. The fourth-order valence-electron chi connectivity index (χ4n) is 3.09. The van der Waals surface area contributed by atoms with Gasteiger partial charge in [0.1, 0.15) is 4.32 Å². The van der Waals surface area contributed by atoms with E-state index in [0.29, 0.717) is 28.8 Å². The van der Waals surface area contributed by atoms with E-state index in [-0.39, 0.29) is 11.2 Å². The molecule has 0 bridgehead atoms. The summed E-state index contributed by atoms with van der Waals surface area (Å²) in [5.41, 5.74) is 4.42. The van der Waals surface area contributed by atoms with E-state index in [0.717, 1.165) is 16.7 Å². The van der Waals surface area contributed by atoms with Gasteiger partial charge in [-0.1, -0.05) is 53.8 Å². The maximum atomic E-state index is 12.9. The van der Waals surface area contributed by atoms with Crippen molar-refractivity contribution in [2.45, 2.75) is 32.1 Å². The van der Waals surface area contributed by atoms with E-state index in [4.69, 9.17) is 21.7 Å². The third-order valence-electron chi connectivity index (χ3n) is 4.71. The summed E-state index contributed by atoms with van der Waals surface area (Å²) >= 11 is 6.95. The second-order valence-corrected chi connectivity index (χ2v) is 8.46. The van der Waals surface area contributed by atoms with Gasteiger partial charge in [0.2, 0.25) is 5.91 Å². The summed E-state index contributed by atoms with van der Waals surface area (Å²) in [6.07, 6.45) is 0.611. The van der Waals surface area contributed by atoms with Gasteiger partial charge in [-0.3, -0.25) is 9.69 Å². The Labute approximate surface area is 169 Å². The molecule has 4 nitrogen and oxygen atoms in total. The molecule has 1 amide bonds. The summed E-state index contributed by atoms with van der Waals surface area (Å²) in [5.74, 6) is 1.44. The van der Waals surface area contributed by atoms with Crippen molar-refractivity contribution in [3.05, 3.63) is 58.7 Å². The summed E-state index contributed by atoms with van der Waals surface area (Å²) in [6, 6.07) is 12.1. The number of thiocarbonyl (C=S) groups is 1. The molecule has 1 fully saturated rings. The van der Waals surface area contributed by atoms with Crippen molar-refractivity contribution in [1.82, 2.24) is 4.90 Å². The Morgan fingerprint density at radius 3 is 2.33 bits per heavy atom. The molecular weight excluding hydrogens is 378 g/mol. The second-order valence-electron chi connectivity index (χ2n) is 6.62. The molecule has 142 valence electrons. The van der Waals surface area contributed by atoms with Crippen molar-refractivity contribution in [2.24, 2.45) is 0 Å². The average molecular weight is 402 g/mol. The minimum atomic E-state index is -0.209. The highest BCUT2D eigenvalue weighted by molar-refractivity contribution is 8.24. The molecule has 0 saturated carbocycles. The fourth-order valence-corrected chi connectivity index (χ4v) is 4.61. The maximum absolute atomic E-state index is 12.9. The third-order valence-corrected chi connectivity index (χ3v) is 6.30. The number of hydrogen-bond acceptors (Lipinski definition) is 5. The van der Waals surface area contributed by atoms with E-state index in [2.05, 4.69) is 12.1 Å². The van der Waals surface area contributed by atoms with Crippen LogP contribution in [0.1, 0.15) is 22.3 Å². The van der Waals surface area contributed by atoms with Gasteiger partial charge in [-0.15, -0.1) is 0 Å². The van der Waals surface area contributed by atoms with Gasteiger partial charge in [-0.05, 0) is 49.1 Å². The Bertz CT molecular complexity index is 864. The minimum Gasteiger partial charge on any atom is -0.493 e. The smallest absolute Gasteiger partial charge is 0.242 e. The van der Waals surface area contributed by atoms with E-state index in [1.165, 1.54) is 17.3 Å². The third kappa shape index (κ3) is 4.28.